The van der Waals surface area contributed by atoms with E-state index in [2.05, 4.69) is 20.0 Å². The van der Waals surface area contributed by atoms with Crippen LogP contribution in [0.25, 0.3) is 11.2 Å². The number of imidazole rings is 1. The molecule has 1 aliphatic heterocycles. The van der Waals surface area contributed by atoms with Crippen molar-refractivity contribution >= 4 is 50.1 Å². The van der Waals surface area contributed by atoms with Crippen molar-refractivity contribution < 1.29 is 51.1 Å². The summed E-state index contributed by atoms with van der Waals surface area (Å²) >= 11 is 5.86. The summed E-state index contributed by atoms with van der Waals surface area (Å²) in [5.41, 5.74) is 5.53. The second-order valence-corrected chi connectivity index (χ2v) is 14.6. The van der Waals surface area contributed by atoms with Crippen LogP contribution in [0.5, 0.6) is 5.75 Å². The number of anilines is 1. The van der Waals surface area contributed by atoms with Crippen molar-refractivity contribution in [2.24, 2.45) is 5.41 Å². The van der Waals surface area contributed by atoms with Crippen LogP contribution in [0.1, 0.15) is 33.9 Å². The number of para-hydroxylation sites is 1. The van der Waals surface area contributed by atoms with Gasteiger partial charge < -0.3 is 29.7 Å². The molecule has 4 rings (SSSR count). The summed E-state index contributed by atoms with van der Waals surface area (Å²) in [5.74, 6) is -0.941. The maximum absolute atomic E-state index is 15.1. The lowest BCUT2D eigenvalue weighted by Crippen LogP contribution is -2.36. The van der Waals surface area contributed by atoms with E-state index in [4.69, 9.17) is 40.2 Å². The molecule has 3 aromatic rings. The van der Waals surface area contributed by atoms with Crippen molar-refractivity contribution in [2.45, 2.75) is 58.3 Å². The number of nitrogens with one attached hydrogen (secondary N) is 1. The van der Waals surface area contributed by atoms with E-state index < -0.39 is 58.8 Å². The molecule has 242 valence electrons. The largest absolute Gasteiger partial charge is 0.481 e. The second-order valence-electron chi connectivity index (χ2n) is 11.0. The number of esters is 1. The Bertz CT molecular complexity index is 1580. The van der Waals surface area contributed by atoms with Gasteiger partial charge in [0.2, 0.25) is 5.28 Å². The molecule has 0 radical (unpaired) electrons. The molecule has 1 fully saturated rings. The van der Waals surface area contributed by atoms with Crippen molar-refractivity contribution in [1.29, 1.82) is 0 Å². The van der Waals surface area contributed by atoms with E-state index in [1.165, 1.54) is 31.2 Å². The molecule has 0 amide bonds. The lowest BCUT2D eigenvalue weighted by Gasteiger charge is -2.25. The minimum absolute atomic E-state index is 0.0142. The molecule has 3 unspecified atom stereocenters. The number of phosphoric ester groups is 1. The smallest absolute Gasteiger partial charge is 0.464 e. The molecular formula is C24H32ClFN6O10P2. The van der Waals surface area contributed by atoms with Gasteiger partial charge in [-0.05, 0) is 36.1 Å². The van der Waals surface area contributed by atoms with Gasteiger partial charge in [0.1, 0.15) is 29.5 Å². The van der Waals surface area contributed by atoms with Crippen molar-refractivity contribution in [3.8, 4) is 5.75 Å². The Morgan fingerprint density at radius 2 is 1.95 bits per heavy atom. The van der Waals surface area contributed by atoms with E-state index in [9.17, 15) is 23.9 Å². The molecule has 1 aromatic carbocycles. The van der Waals surface area contributed by atoms with Crippen LogP contribution in [-0.2, 0) is 32.2 Å². The van der Waals surface area contributed by atoms with Crippen LogP contribution in [0.4, 0.5) is 10.2 Å². The maximum Gasteiger partial charge on any atom is 0.481 e. The van der Waals surface area contributed by atoms with Crippen LogP contribution < -0.4 is 15.3 Å². The lowest BCUT2D eigenvalue weighted by atomic mass is 9.99. The maximum atomic E-state index is 15.1. The summed E-state index contributed by atoms with van der Waals surface area (Å²) in [6.45, 7) is 5.92. The van der Waals surface area contributed by atoms with Gasteiger partial charge in [0.05, 0.1) is 19.5 Å². The predicted molar refractivity (Wildman–Crippen MR) is 154 cm³/mol. The molecule has 16 nitrogen and oxygen atoms in total. The Morgan fingerprint density at radius 3 is 2.61 bits per heavy atom. The number of benzene rings is 1. The van der Waals surface area contributed by atoms with Gasteiger partial charge >= 0.3 is 21.5 Å². The first kappa shape index (κ1) is 34.2. The lowest BCUT2D eigenvalue weighted by molar-refractivity contribution is -0.148. The fraction of sp³-hybridized carbons (Fsp3) is 0.500. The zero-order valence-electron chi connectivity index (χ0n) is 23.9. The number of aliphatic hydroxyl groups is 1. The molecule has 0 bridgehead atoms. The number of hydrogen-bond acceptors (Lipinski definition) is 13. The summed E-state index contributed by atoms with van der Waals surface area (Å²) < 4.78 is 68.8. The second kappa shape index (κ2) is 13.3. The minimum Gasteiger partial charge on any atom is -0.464 e. The molecule has 44 heavy (non-hydrogen) atoms. The predicted octanol–water partition coefficient (Wildman–Crippen LogP) is 3.55. The molecule has 5 N–H and O–H groups in total. The number of nitrogens with zero attached hydrogens (tertiary/aromatic N) is 4. The SMILES string of the molecule is C[C@@H](NP(=O)(Oc1ccccc1)OP(=O)(O)OC[C@H]1O[C@@H](n2cnc3c(N)nc(Cl)nc32)[C@H](F)C1O)C(=O)OCC(C)(C)C. The fourth-order valence-corrected chi connectivity index (χ4v) is 7.01. The number of fused-ring (bicyclic) bond motifs is 1. The molecular weight excluding hydrogens is 649 g/mol. The van der Waals surface area contributed by atoms with Crippen LogP contribution in [0, 0.1) is 5.41 Å². The summed E-state index contributed by atoms with van der Waals surface area (Å²) in [4.78, 5) is 34.7. The monoisotopic (exact) mass is 680 g/mol. The van der Waals surface area contributed by atoms with Crippen molar-refractivity contribution in [1.82, 2.24) is 24.6 Å². The van der Waals surface area contributed by atoms with Crippen LogP contribution in [-0.4, -0.2) is 73.1 Å². The highest BCUT2D eigenvalue weighted by molar-refractivity contribution is 7.63. The van der Waals surface area contributed by atoms with Crippen molar-refractivity contribution in [3.63, 3.8) is 0 Å². The van der Waals surface area contributed by atoms with E-state index in [0.29, 0.717) is 0 Å². The first-order valence-corrected chi connectivity index (χ1v) is 16.5. The average Bonchev–Trinajstić information content (AvgIpc) is 3.46. The van der Waals surface area contributed by atoms with Gasteiger partial charge in [-0.3, -0.25) is 13.9 Å². The standard InChI is InChI=1S/C24H32ClFN6O10P2/c1-13(22(34)38-11-24(2,3)4)31-43(35,41-14-8-6-5-7-9-14)42-44(36,37)39-10-15-18(33)16(26)21(40-15)32-12-28-17-19(27)29-23(25)30-20(17)32/h5-9,12-13,15-16,18,21,33H,10-11H2,1-4H3,(H,31,35)(H,36,37)(H2,27,29,30)/t13-,15-,16-,18?,21-,43?/m1/s1. The number of aliphatic hydroxyl groups excluding tert-OH is 1. The Kier molecular flexibility index (Phi) is 10.3. The van der Waals surface area contributed by atoms with Gasteiger partial charge in [-0.25, -0.2) is 18.5 Å². The number of nitrogens with two attached hydrogens (primary N) is 1. The highest BCUT2D eigenvalue weighted by Crippen LogP contribution is 2.60. The molecule has 1 aliphatic rings. The summed E-state index contributed by atoms with van der Waals surface area (Å²) in [7, 11) is -10.1. The van der Waals surface area contributed by atoms with E-state index in [1.807, 2.05) is 20.8 Å². The topological polar surface area (TPSA) is 219 Å². The zero-order valence-corrected chi connectivity index (χ0v) is 26.5. The number of carbonyl (C=O) groups excluding carboxylic acids is 1. The van der Waals surface area contributed by atoms with Crippen LogP contribution in [0.2, 0.25) is 5.28 Å². The van der Waals surface area contributed by atoms with Crippen molar-refractivity contribution in [2.75, 3.05) is 18.9 Å². The van der Waals surface area contributed by atoms with Crippen LogP contribution >= 0.6 is 27.2 Å². The third-order valence-electron chi connectivity index (χ3n) is 5.92. The van der Waals surface area contributed by atoms with Crippen LogP contribution in [0.3, 0.4) is 0 Å². The first-order chi connectivity index (χ1) is 20.5. The number of hydrogen-bond donors (Lipinski definition) is 4. The summed E-state index contributed by atoms with van der Waals surface area (Å²) in [6.07, 6.45) is -5.81. The average molecular weight is 681 g/mol. The number of rotatable bonds is 12. The van der Waals surface area contributed by atoms with Gasteiger partial charge in [-0.15, -0.1) is 0 Å². The molecule has 0 saturated carbocycles. The number of aromatic nitrogens is 4. The number of halogens is 2. The first-order valence-electron chi connectivity index (χ1n) is 13.1. The molecule has 1 saturated heterocycles. The molecule has 20 heteroatoms. The summed E-state index contributed by atoms with van der Waals surface area (Å²) in [6, 6.07) is 6.17. The van der Waals surface area contributed by atoms with E-state index >= 15 is 4.39 Å². The number of nitrogen functional groups attached to an aromatic ring is 1. The third-order valence-corrected chi connectivity index (χ3v) is 9.41. The van der Waals surface area contributed by atoms with Gasteiger partial charge in [0.15, 0.2) is 23.9 Å². The number of alkyl halides is 1. The van der Waals surface area contributed by atoms with E-state index in [-0.39, 0.29) is 40.0 Å². The fourth-order valence-electron chi connectivity index (χ4n) is 3.88. The molecule has 2 aromatic heterocycles. The third kappa shape index (κ3) is 8.50. The highest BCUT2D eigenvalue weighted by Gasteiger charge is 2.48. The van der Waals surface area contributed by atoms with E-state index in [0.717, 1.165) is 10.9 Å². The van der Waals surface area contributed by atoms with Gasteiger partial charge in [0.25, 0.3) is 0 Å². The Morgan fingerprint density at radius 1 is 1.27 bits per heavy atom. The Balaban J connectivity index is 1.46. The normalized spacial score (nSPS) is 24.0. The molecule has 0 aliphatic carbocycles. The highest BCUT2D eigenvalue weighted by atomic mass is 35.5. The minimum atomic E-state index is -5.30. The van der Waals surface area contributed by atoms with Crippen molar-refractivity contribution in [3.05, 3.63) is 41.9 Å². The quantitative estimate of drug-likeness (QED) is 0.122. The van der Waals surface area contributed by atoms with E-state index in [1.54, 1.807) is 6.07 Å². The molecule has 0 spiro atoms. The zero-order chi connectivity index (χ0) is 32.4. The molecule has 3 heterocycles. The van der Waals surface area contributed by atoms with Crippen LogP contribution in [0.15, 0.2) is 36.7 Å². The molecule has 7 atom stereocenters. The van der Waals surface area contributed by atoms with Gasteiger partial charge in [-0.2, -0.15) is 19.4 Å². The van der Waals surface area contributed by atoms with Gasteiger partial charge in [0, 0.05) is 0 Å². The Hall–Kier alpha value is -2.72. The summed E-state index contributed by atoms with van der Waals surface area (Å²) in [5, 5.41) is 12.5. The number of phosphoric acid groups is 1. The van der Waals surface area contributed by atoms with Gasteiger partial charge in [-0.1, -0.05) is 39.0 Å². The Labute approximate surface area is 256 Å². The number of ether oxygens (including phenoxy) is 2. The number of carbonyl (C=O) groups is 1.